The summed E-state index contributed by atoms with van der Waals surface area (Å²) in [5.41, 5.74) is 2.21. The van der Waals surface area contributed by atoms with Crippen molar-refractivity contribution >= 4 is 28.0 Å². The number of imidazole rings is 1. The van der Waals surface area contributed by atoms with Crippen molar-refractivity contribution in [1.29, 1.82) is 0 Å². The van der Waals surface area contributed by atoms with Gasteiger partial charge in [0.05, 0.1) is 22.8 Å². The summed E-state index contributed by atoms with van der Waals surface area (Å²) in [4.78, 5) is 23.3. The number of nitrogens with zero attached hydrogens (tertiary/aromatic N) is 4. The SMILES string of the molecule is CCOCc1nc2cnc3cc(OCc4ccccc4)ccc3c2n1CC(C)(C)N(C(=O)O)C(C)(C)C. The van der Waals surface area contributed by atoms with Crippen molar-refractivity contribution in [3.8, 4) is 5.75 Å². The monoisotopic (exact) mass is 504 g/mol. The van der Waals surface area contributed by atoms with Crippen LogP contribution in [0.25, 0.3) is 21.9 Å². The number of carboxylic acid groups (broad SMARTS) is 1. The summed E-state index contributed by atoms with van der Waals surface area (Å²) in [5, 5.41) is 11.0. The average Bonchev–Trinajstić information content (AvgIpc) is 3.17. The van der Waals surface area contributed by atoms with Crippen LogP contribution in [0.1, 0.15) is 52.9 Å². The second kappa shape index (κ2) is 10.4. The maximum atomic E-state index is 12.3. The lowest BCUT2D eigenvalue weighted by Crippen LogP contribution is -2.58. The molecule has 0 aliphatic heterocycles. The summed E-state index contributed by atoms with van der Waals surface area (Å²) in [6, 6.07) is 15.9. The molecule has 0 bridgehead atoms. The molecule has 4 aromatic rings. The Kier molecular flexibility index (Phi) is 7.41. The standard InChI is InChI=1S/C29H36N4O4/c1-7-36-18-25-31-24-16-30-23-15-21(37-17-20-11-9-8-10-12-20)13-14-22(23)26(24)32(25)19-29(5,6)33(27(34)35)28(2,3)4/h8-16H,7,17-19H2,1-6H3,(H,34,35). The summed E-state index contributed by atoms with van der Waals surface area (Å²) in [6.45, 7) is 13.3. The van der Waals surface area contributed by atoms with Crippen LogP contribution in [-0.4, -0.2) is 48.3 Å². The molecule has 196 valence electrons. The highest BCUT2D eigenvalue weighted by Gasteiger charge is 2.40. The minimum atomic E-state index is -0.958. The van der Waals surface area contributed by atoms with Gasteiger partial charge < -0.3 is 19.1 Å². The zero-order valence-corrected chi connectivity index (χ0v) is 22.5. The zero-order chi connectivity index (χ0) is 26.8. The van der Waals surface area contributed by atoms with Crippen LogP contribution in [0, 0.1) is 0 Å². The highest BCUT2D eigenvalue weighted by Crippen LogP contribution is 2.32. The second-order valence-corrected chi connectivity index (χ2v) is 10.8. The molecule has 1 N–H and O–H groups in total. The summed E-state index contributed by atoms with van der Waals surface area (Å²) in [5.74, 6) is 1.47. The molecule has 37 heavy (non-hydrogen) atoms. The van der Waals surface area contributed by atoms with Gasteiger partial charge >= 0.3 is 6.09 Å². The highest BCUT2D eigenvalue weighted by molar-refractivity contribution is 6.02. The van der Waals surface area contributed by atoms with Crippen LogP contribution >= 0.6 is 0 Å². The third-order valence-corrected chi connectivity index (χ3v) is 6.32. The molecule has 2 heterocycles. The maximum absolute atomic E-state index is 12.3. The quantitative estimate of drug-likeness (QED) is 0.289. The zero-order valence-electron chi connectivity index (χ0n) is 22.5. The smallest absolute Gasteiger partial charge is 0.408 e. The normalized spacial score (nSPS) is 12.3. The van der Waals surface area contributed by atoms with Crippen LogP contribution in [0.4, 0.5) is 4.79 Å². The van der Waals surface area contributed by atoms with Gasteiger partial charge in [0.2, 0.25) is 0 Å². The van der Waals surface area contributed by atoms with E-state index in [1.807, 2.05) is 90.1 Å². The number of amides is 1. The number of fused-ring (bicyclic) bond motifs is 3. The molecule has 0 fully saturated rings. The molecule has 0 saturated heterocycles. The first-order chi connectivity index (χ1) is 17.5. The van der Waals surface area contributed by atoms with Crippen molar-refractivity contribution < 1.29 is 19.4 Å². The fraction of sp³-hybridized carbons (Fsp3) is 0.414. The van der Waals surface area contributed by atoms with Gasteiger partial charge in [-0.25, -0.2) is 9.78 Å². The molecule has 0 aliphatic carbocycles. The van der Waals surface area contributed by atoms with E-state index < -0.39 is 17.2 Å². The number of ether oxygens (including phenoxy) is 2. The van der Waals surface area contributed by atoms with Crippen molar-refractivity contribution in [2.24, 2.45) is 0 Å². The first-order valence-electron chi connectivity index (χ1n) is 12.6. The largest absolute Gasteiger partial charge is 0.489 e. The number of hydrogen-bond acceptors (Lipinski definition) is 5. The fourth-order valence-corrected chi connectivity index (χ4v) is 5.06. The Bertz CT molecular complexity index is 1390. The molecule has 4 rings (SSSR count). The summed E-state index contributed by atoms with van der Waals surface area (Å²) < 4.78 is 13.8. The van der Waals surface area contributed by atoms with Crippen LogP contribution in [0.2, 0.25) is 0 Å². The Morgan fingerprint density at radius 2 is 1.76 bits per heavy atom. The van der Waals surface area contributed by atoms with Crippen LogP contribution in [0.15, 0.2) is 54.7 Å². The molecule has 8 heteroatoms. The van der Waals surface area contributed by atoms with Gasteiger partial charge in [0.15, 0.2) is 0 Å². The Morgan fingerprint density at radius 1 is 1.03 bits per heavy atom. The molecular weight excluding hydrogens is 468 g/mol. The number of rotatable bonds is 9. The molecule has 0 radical (unpaired) electrons. The third kappa shape index (κ3) is 5.69. The number of benzene rings is 2. The molecule has 1 amide bonds. The van der Waals surface area contributed by atoms with E-state index in [4.69, 9.17) is 14.5 Å². The van der Waals surface area contributed by atoms with Crippen LogP contribution in [0.5, 0.6) is 5.75 Å². The summed E-state index contributed by atoms with van der Waals surface area (Å²) in [7, 11) is 0. The predicted octanol–water partition coefficient (Wildman–Crippen LogP) is 6.26. The fourth-order valence-electron chi connectivity index (χ4n) is 5.06. The van der Waals surface area contributed by atoms with Gasteiger partial charge in [-0.1, -0.05) is 30.3 Å². The van der Waals surface area contributed by atoms with Crippen molar-refractivity contribution in [3.63, 3.8) is 0 Å². The molecule has 0 atom stereocenters. The van der Waals surface area contributed by atoms with Crippen LogP contribution in [0.3, 0.4) is 0 Å². The molecule has 0 saturated carbocycles. The van der Waals surface area contributed by atoms with E-state index in [1.54, 1.807) is 6.20 Å². The van der Waals surface area contributed by atoms with Crippen LogP contribution < -0.4 is 4.74 Å². The van der Waals surface area contributed by atoms with Gasteiger partial charge in [-0.05, 0) is 59.2 Å². The lowest BCUT2D eigenvalue weighted by Gasteiger charge is -2.45. The van der Waals surface area contributed by atoms with Gasteiger partial charge in [0, 0.05) is 30.1 Å². The second-order valence-electron chi connectivity index (χ2n) is 10.8. The van der Waals surface area contributed by atoms with Crippen molar-refractivity contribution in [2.45, 2.75) is 72.4 Å². The summed E-state index contributed by atoms with van der Waals surface area (Å²) >= 11 is 0. The van der Waals surface area contributed by atoms with E-state index in [0.29, 0.717) is 26.4 Å². The van der Waals surface area contributed by atoms with E-state index in [2.05, 4.69) is 9.55 Å². The Morgan fingerprint density at radius 3 is 2.41 bits per heavy atom. The molecule has 0 unspecified atom stereocenters. The number of carbonyl (C=O) groups is 1. The van der Waals surface area contributed by atoms with Gasteiger partial charge in [0.25, 0.3) is 0 Å². The van der Waals surface area contributed by atoms with Gasteiger partial charge in [-0.3, -0.25) is 9.88 Å². The van der Waals surface area contributed by atoms with Gasteiger partial charge in [-0.2, -0.15) is 0 Å². The molecule has 8 nitrogen and oxygen atoms in total. The van der Waals surface area contributed by atoms with E-state index in [1.165, 1.54) is 4.90 Å². The minimum absolute atomic E-state index is 0.323. The van der Waals surface area contributed by atoms with Crippen LogP contribution in [-0.2, 0) is 24.5 Å². The lowest BCUT2D eigenvalue weighted by atomic mass is 9.94. The highest BCUT2D eigenvalue weighted by atomic mass is 16.5. The molecule has 0 aliphatic rings. The van der Waals surface area contributed by atoms with Gasteiger partial charge in [0.1, 0.15) is 30.3 Å². The third-order valence-electron chi connectivity index (χ3n) is 6.32. The number of aromatic nitrogens is 3. The predicted molar refractivity (Wildman–Crippen MR) is 145 cm³/mol. The maximum Gasteiger partial charge on any atom is 0.408 e. The topological polar surface area (TPSA) is 89.7 Å². The number of pyridine rings is 1. The number of hydrogen-bond donors (Lipinski definition) is 1. The van der Waals surface area contributed by atoms with Crippen molar-refractivity contribution in [3.05, 3.63) is 66.1 Å². The van der Waals surface area contributed by atoms with Crippen molar-refractivity contribution in [1.82, 2.24) is 19.4 Å². The summed E-state index contributed by atoms with van der Waals surface area (Å²) in [6.07, 6.45) is 0.802. The minimum Gasteiger partial charge on any atom is -0.489 e. The van der Waals surface area contributed by atoms with E-state index in [-0.39, 0.29) is 0 Å². The van der Waals surface area contributed by atoms with E-state index in [0.717, 1.165) is 39.1 Å². The Balaban J connectivity index is 1.77. The first-order valence-corrected chi connectivity index (χ1v) is 12.6. The Labute approximate surface area is 217 Å². The lowest BCUT2D eigenvalue weighted by molar-refractivity contribution is 0.0241. The van der Waals surface area contributed by atoms with Crippen molar-refractivity contribution in [2.75, 3.05) is 6.61 Å². The molecule has 0 spiro atoms. The average molecular weight is 505 g/mol. The van der Waals surface area contributed by atoms with Gasteiger partial charge in [-0.15, -0.1) is 0 Å². The van der Waals surface area contributed by atoms with E-state index in [9.17, 15) is 9.90 Å². The molecular formula is C29H36N4O4. The van der Waals surface area contributed by atoms with E-state index >= 15 is 0 Å². The first kappa shape index (κ1) is 26.4. The molecule has 2 aromatic carbocycles. The molecule has 2 aromatic heterocycles. The Hall–Kier alpha value is -3.65.